The maximum atomic E-state index is 13.2. The summed E-state index contributed by atoms with van der Waals surface area (Å²) in [4.78, 5) is 0. The molecule has 0 aromatic heterocycles. The number of rotatable bonds is 5. The van der Waals surface area contributed by atoms with Gasteiger partial charge in [0.2, 0.25) is 0 Å². The summed E-state index contributed by atoms with van der Waals surface area (Å²) >= 11 is 0. The Bertz CT molecular complexity index is 90.9. The molecule has 0 bridgehead atoms. The second-order valence-electron chi connectivity index (χ2n) is 3.65. The van der Waals surface area contributed by atoms with Crippen LogP contribution in [0.5, 0.6) is 0 Å². The van der Waals surface area contributed by atoms with Crippen LogP contribution in [0.4, 0.5) is 4.39 Å². The van der Waals surface area contributed by atoms with Crippen LogP contribution in [0, 0.1) is 11.8 Å². The predicted octanol–water partition coefficient (Wildman–Crippen LogP) is 3.81. The molecule has 0 N–H and O–H groups in total. The van der Waals surface area contributed by atoms with E-state index in [0.29, 0.717) is 5.92 Å². The summed E-state index contributed by atoms with van der Waals surface area (Å²) in [6.07, 6.45) is 2.20. The Balaban J connectivity index is 3.58. The van der Waals surface area contributed by atoms with E-state index in [9.17, 15) is 4.39 Å². The van der Waals surface area contributed by atoms with E-state index in [2.05, 4.69) is 13.8 Å². The van der Waals surface area contributed by atoms with Crippen molar-refractivity contribution >= 4 is 0 Å². The summed E-state index contributed by atoms with van der Waals surface area (Å²) < 4.78 is 13.2. The zero-order valence-electron chi connectivity index (χ0n) is 8.23. The van der Waals surface area contributed by atoms with Crippen molar-refractivity contribution < 1.29 is 4.39 Å². The molecular formula is C10H21F. The van der Waals surface area contributed by atoms with Gasteiger partial charge in [0.25, 0.3) is 0 Å². The van der Waals surface area contributed by atoms with Crippen LogP contribution in [0.3, 0.4) is 0 Å². The molecule has 0 spiro atoms. The Hall–Kier alpha value is -0.0700. The normalized spacial score (nSPS) is 19.4. The molecule has 0 saturated heterocycles. The van der Waals surface area contributed by atoms with Crippen LogP contribution in [0.15, 0.2) is 0 Å². The second-order valence-corrected chi connectivity index (χ2v) is 3.65. The van der Waals surface area contributed by atoms with E-state index in [4.69, 9.17) is 0 Å². The van der Waals surface area contributed by atoms with E-state index in [-0.39, 0.29) is 5.92 Å². The second kappa shape index (κ2) is 5.56. The van der Waals surface area contributed by atoms with Crippen molar-refractivity contribution in [2.45, 2.75) is 53.1 Å². The van der Waals surface area contributed by atoms with Crippen molar-refractivity contribution in [2.75, 3.05) is 0 Å². The Morgan fingerprint density at radius 3 is 2.00 bits per heavy atom. The quantitative estimate of drug-likeness (QED) is 0.573. The summed E-state index contributed by atoms with van der Waals surface area (Å²) in [5.41, 5.74) is 0. The molecule has 68 valence electrons. The first kappa shape index (κ1) is 10.9. The highest BCUT2D eigenvalue weighted by Gasteiger charge is 2.16. The zero-order chi connectivity index (χ0) is 8.85. The third-order valence-electron chi connectivity index (χ3n) is 2.59. The molecule has 0 aliphatic carbocycles. The van der Waals surface area contributed by atoms with Crippen LogP contribution in [-0.4, -0.2) is 6.17 Å². The van der Waals surface area contributed by atoms with Crippen LogP contribution < -0.4 is 0 Å². The predicted molar refractivity (Wildman–Crippen MR) is 48.4 cm³/mol. The van der Waals surface area contributed by atoms with Gasteiger partial charge in [0, 0.05) is 0 Å². The van der Waals surface area contributed by atoms with Crippen molar-refractivity contribution in [2.24, 2.45) is 11.8 Å². The Morgan fingerprint density at radius 1 is 1.09 bits per heavy atom. The van der Waals surface area contributed by atoms with Crippen molar-refractivity contribution in [1.29, 1.82) is 0 Å². The molecule has 3 unspecified atom stereocenters. The molecule has 0 heterocycles. The average Bonchev–Trinajstić information content (AvgIpc) is 2.02. The molecule has 0 radical (unpaired) electrons. The van der Waals surface area contributed by atoms with Gasteiger partial charge in [0.05, 0.1) is 0 Å². The van der Waals surface area contributed by atoms with Gasteiger partial charge in [-0.1, -0.05) is 40.5 Å². The molecule has 11 heavy (non-hydrogen) atoms. The molecule has 0 rings (SSSR count). The van der Waals surface area contributed by atoms with Crippen LogP contribution >= 0.6 is 0 Å². The van der Waals surface area contributed by atoms with Gasteiger partial charge in [-0.2, -0.15) is 0 Å². The fourth-order valence-corrected chi connectivity index (χ4v) is 1.04. The van der Waals surface area contributed by atoms with Crippen LogP contribution in [0.2, 0.25) is 0 Å². The number of halogens is 1. The van der Waals surface area contributed by atoms with Crippen molar-refractivity contribution in [3.05, 3.63) is 0 Å². The van der Waals surface area contributed by atoms with E-state index in [1.807, 2.05) is 13.8 Å². The molecule has 0 fully saturated rings. The van der Waals surface area contributed by atoms with Crippen LogP contribution in [0.1, 0.15) is 47.0 Å². The van der Waals surface area contributed by atoms with Gasteiger partial charge in [-0.15, -0.1) is 0 Å². The fraction of sp³-hybridized carbons (Fsp3) is 1.00. The third-order valence-corrected chi connectivity index (χ3v) is 2.59. The maximum absolute atomic E-state index is 13.2. The Morgan fingerprint density at radius 2 is 1.64 bits per heavy atom. The molecule has 0 aliphatic heterocycles. The lowest BCUT2D eigenvalue weighted by molar-refractivity contribution is 0.195. The van der Waals surface area contributed by atoms with Crippen LogP contribution in [-0.2, 0) is 0 Å². The monoisotopic (exact) mass is 160 g/mol. The van der Waals surface area contributed by atoms with Crippen molar-refractivity contribution in [3.63, 3.8) is 0 Å². The van der Waals surface area contributed by atoms with Crippen molar-refractivity contribution in [1.82, 2.24) is 0 Å². The first-order valence-electron chi connectivity index (χ1n) is 4.75. The molecule has 1 heteroatoms. The Labute approximate surface area is 70.2 Å². The number of alkyl halides is 1. The molecule has 0 amide bonds. The molecular weight excluding hydrogens is 139 g/mol. The topological polar surface area (TPSA) is 0 Å². The standard InChI is InChI=1S/C10H21F/c1-5-8(3)7-10(11)9(4)6-2/h8-10H,5-7H2,1-4H3. The molecule has 0 aromatic carbocycles. The highest BCUT2D eigenvalue weighted by atomic mass is 19.1. The lowest BCUT2D eigenvalue weighted by Gasteiger charge is -2.17. The number of hydrogen-bond acceptors (Lipinski definition) is 0. The van der Waals surface area contributed by atoms with Gasteiger partial charge in [0.15, 0.2) is 0 Å². The van der Waals surface area contributed by atoms with Gasteiger partial charge in [-0.05, 0) is 18.3 Å². The van der Waals surface area contributed by atoms with E-state index in [1.165, 1.54) is 0 Å². The molecule has 0 aliphatic rings. The summed E-state index contributed by atoms with van der Waals surface area (Å²) in [5.74, 6) is 0.781. The number of hydrogen-bond donors (Lipinski definition) is 0. The Kier molecular flexibility index (Phi) is 5.53. The first-order valence-corrected chi connectivity index (χ1v) is 4.75. The summed E-state index contributed by atoms with van der Waals surface area (Å²) in [7, 11) is 0. The zero-order valence-corrected chi connectivity index (χ0v) is 8.23. The minimum Gasteiger partial charge on any atom is -0.247 e. The minimum absolute atomic E-state index is 0.240. The smallest absolute Gasteiger partial charge is 0.103 e. The molecule has 0 saturated carbocycles. The van der Waals surface area contributed by atoms with Crippen LogP contribution in [0.25, 0.3) is 0 Å². The first-order chi connectivity index (χ1) is 5.11. The fourth-order valence-electron chi connectivity index (χ4n) is 1.04. The van der Waals surface area contributed by atoms with E-state index in [0.717, 1.165) is 19.3 Å². The minimum atomic E-state index is -0.588. The largest absolute Gasteiger partial charge is 0.247 e. The van der Waals surface area contributed by atoms with E-state index >= 15 is 0 Å². The van der Waals surface area contributed by atoms with Gasteiger partial charge in [-0.3, -0.25) is 0 Å². The highest BCUT2D eigenvalue weighted by Crippen LogP contribution is 2.20. The molecule has 0 aromatic rings. The van der Waals surface area contributed by atoms with E-state index in [1.54, 1.807) is 0 Å². The van der Waals surface area contributed by atoms with E-state index < -0.39 is 6.17 Å². The lowest BCUT2D eigenvalue weighted by Crippen LogP contribution is -2.14. The summed E-state index contributed by atoms with van der Waals surface area (Å²) in [6.45, 7) is 8.28. The highest BCUT2D eigenvalue weighted by molar-refractivity contribution is 4.66. The average molecular weight is 160 g/mol. The lowest BCUT2D eigenvalue weighted by atomic mass is 9.93. The SMILES string of the molecule is CCC(C)CC(F)C(C)CC. The van der Waals surface area contributed by atoms with Gasteiger partial charge in [0.1, 0.15) is 6.17 Å². The molecule has 0 nitrogen and oxygen atoms in total. The van der Waals surface area contributed by atoms with Gasteiger partial charge >= 0.3 is 0 Å². The summed E-state index contributed by atoms with van der Waals surface area (Å²) in [5, 5.41) is 0. The maximum Gasteiger partial charge on any atom is 0.103 e. The van der Waals surface area contributed by atoms with Crippen molar-refractivity contribution in [3.8, 4) is 0 Å². The third kappa shape index (κ3) is 4.39. The van der Waals surface area contributed by atoms with Gasteiger partial charge in [-0.25, -0.2) is 4.39 Å². The molecule has 3 atom stereocenters. The summed E-state index contributed by atoms with van der Waals surface area (Å²) in [6, 6.07) is 0. The van der Waals surface area contributed by atoms with Gasteiger partial charge < -0.3 is 0 Å².